The third-order valence-electron chi connectivity index (χ3n) is 3.34. The fourth-order valence-electron chi connectivity index (χ4n) is 2.19. The van der Waals surface area contributed by atoms with Crippen molar-refractivity contribution < 1.29 is 26.9 Å². The Hall–Kier alpha value is -1.97. The minimum Gasteiger partial charge on any atom is -0.323 e. The number of rotatable bonds is 6. The molecule has 0 atom stereocenters. The van der Waals surface area contributed by atoms with Crippen molar-refractivity contribution in [2.24, 2.45) is 0 Å². The van der Waals surface area contributed by atoms with Crippen molar-refractivity contribution >= 4 is 28.3 Å². The van der Waals surface area contributed by atoms with Crippen LogP contribution in [-0.4, -0.2) is 26.5 Å². The fraction of sp³-hybridized carbons (Fsp3) is 0.462. The summed E-state index contributed by atoms with van der Waals surface area (Å²) in [5.74, 6) is -6.44. The SMILES string of the molecule is O=[N+]([O-])c1ccc2c(c1)nc(C(F)(F)C(F)(F)F)n2CCCCCl. The monoisotopic (exact) mass is 371 g/mol. The van der Waals surface area contributed by atoms with Crippen molar-refractivity contribution in [2.45, 2.75) is 31.5 Å². The first-order valence-corrected chi connectivity index (χ1v) is 7.28. The number of benzene rings is 1. The average molecular weight is 372 g/mol. The van der Waals surface area contributed by atoms with Crippen LogP contribution in [0.4, 0.5) is 27.6 Å². The Bertz CT molecular complexity index is 760. The molecule has 2 rings (SSSR count). The van der Waals surface area contributed by atoms with Gasteiger partial charge in [0.1, 0.15) is 0 Å². The van der Waals surface area contributed by atoms with Crippen LogP contribution in [0.2, 0.25) is 0 Å². The largest absolute Gasteiger partial charge is 0.461 e. The quantitative estimate of drug-likeness (QED) is 0.245. The van der Waals surface area contributed by atoms with E-state index in [1.54, 1.807) is 0 Å². The molecule has 5 nitrogen and oxygen atoms in total. The van der Waals surface area contributed by atoms with Crippen molar-refractivity contribution in [3.8, 4) is 0 Å². The predicted octanol–water partition coefficient (Wildman–Crippen LogP) is 4.62. The van der Waals surface area contributed by atoms with Crippen molar-refractivity contribution in [3.63, 3.8) is 0 Å². The Balaban J connectivity index is 2.63. The molecule has 1 aromatic carbocycles. The molecule has 0 amide bonds. The molecule has 0 aliphatic rings. The number of hydrogen-bond donors (Lipinski definition) is 0. The number of hydrogen-bond acceptors (Lipinski definition) is 3. The number of non-ortho nitro benzene ring substituents is 1. The molecule has 1 heterocycles. The highest BCUT2D eigenvalue weighted by molar-refractivity contribution is 6.17. The molecule has 1 aromatic heterocycles. The number of alkyl halides is 6. The van der Waals surface area contributed by atoms with Gasteiger partial charge in [-0.2, -0.15) is 22.0 Å². The molecular formula is C13H11ClF5N3O2. The van der Waals surface area contributed by atoms with Gasteiger partial charge in [0.2, 0.25) is 0 Å². The molecule has 0 bridgehead atoms. The number of halogens is 6. The van der Waals surface area contributed by atoms with E-state index < -0.39 is 28.5 Å². The lowest BCUT2D eigenvalue weighted by Gasteiger charge is -2.20. The second-order valence-electron chi connectivity index (χ2n) is 4.99. The molecule has 0 fully saturated rings. The topological polar surface area (TPSA) is 61.0 Å². The number of nitro benzene ring substituents is 1. The van der Waals surface area contributed by atoms with E-state index in [2.05, 4.69) is 4.98 Å². The lowest BCUT2D eigenvalue weighted by atomic mass is 10.2. The number of aromatic nitrogens is 2. The van der Waals surface area contributed by atoms with Gasteiger partial charge in [0.25, 0.3) is 5.69 Å². The van der Waals surface area contributed by atoms with Crippen LogP contribution >= 0.6 is 11.6 Å². The van der Waals surface area contributed by atoms with Crippen LogP contribution in [0.25, 0.3) is 11.0 Å². The average Bonchev–Trinajstić information content (AvgIpc) is 2.85. The van der Waals surface area contributed by atoms with Crippen LogP contribution < -0.4 is 0 Å². The maximum absolute atomic E-state index is 13.8. The van der Waals surface area contributed by atoms with Crippen LogP contribution in [0.3, 0.4) is 0 Å². The number of unbranched alkanes of at least 4 members (excludes halogenated alkanes) is 1. The Morgan fingerprint density at radius 3 is 2.42 bits per heavy atom. The van der Waals surface area contributed by atoms with Gasteiger partial charge < -0.3 is 4.57 Å². The number of nitrogens with zero attached hydrogens (tertiary/aromatic N) is 3. The molecular weight excluding hydrogens is 361 g/mol. The van der Waals surface area contributed by atoms with Gasteiger partial charge in [-0.25, -0.2) is 4.98 Å². The van der Waals surface area contributed by atoms with Gasteiger partial charge in [0.15, 0.2) is 5.82 Å². The summed E-state index contributed by atoms with van der Waals surface area (Å²) in [4.78, 5) is 13.3. The first-order chi connectivity index (χ1) is 11.1. The van der Waals surface area contributed by atoms with Gasteiger partial charge in [-0.15, -0.1) is 11.6 Å². The molecule has 0 unspecified atom stereocenters. The minimum atomic E-state index is -5.83. The highest BCUT2D eigenvalue weighted by Gasteiger charge is 2.61. The third kappa shape index (κ3) is 3.28. The fourth-order valence-corrected chi connectivity index (χ4v) is 2.38. The summed E-state index contributed by atoms with van der Waals surface area (Å²) in [5.41, 5.74) is -0.780. The predicted molar refractivity (Wildman–Crippen MR) is 76.3 cm³/mol. The van der Waals surface area contributed by atoms with Gasteiger partial charge in [-0.3, -0.25) is 10.1 Å². The summed E-state index contributed by atoms with van der Waals surface area (Å²) in [6.45, 7) is -0.165. The summed E-state index contributed by atoms with van der Waals surface area (Å²) in [7, 11) is 0. The maximum atomic E-state index is 13.8. The molecule has 0 aliphatic carbocycles. The summed E-state index contributed by atoms with van der Waals surface area (Å²) >= 11 is 5.49. The Kier molecular flexibility index (Phi) is 4.97. The van der Waals surface area contributed by atoms with E-state index >= 15 is 0 Å². The summed E-state index contributed by atoms with van der Waals surface area (Å²) in [6, 6.07) is 3.00. The number of aryl methyl sites for hydroxylation is 1. The normalized spacial score (nSPS) is 12.8. The van der Waals surface area contributed by atoms with Crippen LogP contribution in [0, 0.1) is 10.1 Å². The lowest BCUT2D eigenvalue weighted by Crippen LogP contribution is -2.36. The van der Waals surface area contributed by atoms with Crippen molar-refractivity contribution in [1.29, 1.82) is 0 Å². The van der Waals surface area contributed by atoms with Gasteiger partial charge in [0, 0.05) is 24.6 Å². The summed E-state index contributed by atoms with van der Waals surface area (Å²) in [5, 5.41) is 10.7. The minimum absolute atomic E-state index is 0.0332. The van der Waals surface area contributed by atoms with Crippen LogP contribution in [0.15, 0.2) is 18.2 Å². The zero-order valence-corrected chi connectivity index (χ0v) is 12.7. The summed E-state index contributed by atoms with van der Waals surface area (Å²) < 4.78 is 66.3. The smallest absolute Gasteiger partial charge is 0.323 e. The number of fused-ring (bicyclic) bond motifs is 1. The molecule has 0 radical (unpaired) electrons. The van der Waals surface area contributed by atoms with Crippen LogP contribution in [0.1, 0.15) is 18.7 Å². The van der Waals surface area contributed by atoms with Gasteiger partial charge >= 0.3 is 12.1 Å². The Morgan fingerprint density at radius 2 is 1.88 bits per heavy atom. The van der Waals surface area contributed by atoms with E-state index in [1.807, 2.05) is 0 Å². The zero-order chi connectivity index (χ0) is 18.1. The first kappa shape index (κ1) is 18.4. The third-order valence-corrected chi connectivity index (χ3v) is 3.61. The molecule has 132 valence electrons. The second kappa shape index (κ2) is 6.50. The first-order valence-electron chi connectivity index (χ1n) is 6.75. The summed E-state index contributed by atoms with van der Waals surface area (Å²) in [6.07, 6.45) is -5.16. The number of imidazole rings is 1. The van der Waals surface area contributed by atoms with E-state index in [1.165, 1.54) is 0 Å². The molecule has 2 aromatic rings. The second-order valence-corrected chi connectivity index (χ2v) is 5.36. The standard InChI is InChI=1S/C13H11ClF5N3O2/c14-5-1-2-6-21-10-4-3-8(22(23)24)7-9(10)20-11(21)12(15,16)13(17,18)19/h3-4,7H,1-2,5-6H2. The van der Waals surface area contributed by atoms with Crippen LogP contribution in [-0.2, 0) is 12.5 Å². The molecule has 11 heteroatoms. The van der Waals surface area contributed by atoms with E-state index in [9.17, 15) is 32.1 Å². The molecule has 0 spiro atoms. The van der Waals surface area contributed by atoms with E-state index in [0.717, 1.165) is 22.8 Å². The molecule has 0 aliphatic heterocycles. The maximum Gasteiger partial charge on any atom is 0.461 e. The highest BCUT2D eigenvalue weighted by Crippen LogP contribution is 2.44. The van der Waals surface area contributed by atoms with E-state index in [-0.39, 0.29) is 29.9 Å². The van der Waals surface area contributed by atoms with Crippen molar-refractivity contribution in [2.75, 3.05) is 5.88 Å². The Morgan fingerprint density at radius 1 is 1.21 bits per heavy atom. The van der Waals surface area contributed by atoms with Crippen molar-refractivity contribution in [1.82, 2.24) is 9.55 Å². The molecule has 0 saturated carbocycles. The highest BCUT2D eigenvalue weighted by atomic mass is 35.5. The zero-order valence-electron chi connectivity index (χ0n) is 12.0. The van der Waals surface area contributed by atoms with E-state index in [0.29, 0.717) is 6.42 Å². The molecule has 24 heavy (non-hydrogen) atoms. The van der Waals surface area contributed by atoms with Crippen molar-refractivity contribution in [3.05, 3.63) is 34.1 Å². The van der Waals surface area contributed by atoms with Gasteiger partial charge in [-0.05, 0) is 18.9 Å². The molecule has 0 N–H and O–H groups in total. The van der Waals surface area contributed by atoms with E-state index in [4.69, 9.17) is 11.6 Å². The van der Waals surface area contributed by atoms with Gasteiger partial charge in [-0.1, -0.05) is 0 Å². The lowest BCUT2D eigenvalue weighted by molar-refractivity contribution is -0.384. The molecule has 0 saturated heterocycles. The Labute approximate surface area is 137 Å². The number of nitro groups is 1. The van der Waals surface area contributed by atoms with Crippen LogP contribution in [0.5, 0.6) is 0 Å². The van der Waals surface area contributed by atoms with Gasteiger partial charge in [0.05, 0.1) is 16.0 Å².